The van der Waals surface area contributed by atoms with Crippen LogP contribution in [0, 0.1) is 0 Å². The molecule has 0 fully saturated rings. The first-order valence-electron chi connectivity index (χ1n) is 1.82. The highest BCUT2D eigenvalue weighted by molar-refractivity contribution is 7.16. The molecule has 1 atom stereocenters. The molecule has 4 N–H and O–H groups in total. The zero-order chi connectivity index (χ0) is 6.99. The Bertz CT molecular complexity index is 68.1. The molecule has 0 aromatic rings. The molecule has 0 aliphatic heterocycles. The number of carbonyl (C=O) groups is 1. The maximum Gasteiger partial charge on any atom is 0.491 e. The third-order valence-electron chi connectivity index (χ3n) is 0.211. The van der Waals surface area contributed by atoms with Crippen molar-refractivity contribution in [2.45, 2.75) is 0 Å². The molecule has 0 rings (SSSR count). The van der Waals surface area contributed by atoms with E-state index in [1.807, 2.05) is 0 Å². The van der Waals surface area contributed by atoms with Crippen molar-refractivity contribution in [3.05, 3.63) is 0 Å². The molecule has 56 valence electrons. The standard InChI is InChI=1S/C3H7NO.H3N.HO2P/c1-4(2)3-5;;1-3-2/h3H,1-2H3;1H3;3H/p+1. The molecule has 0 aliphatic carbocycles. The number of amides is 1. The summed E-state index contributed by atoms with van der Waals surface area (Å²) >= 11 is 0. The minimum Gasteiger partial charge on any atom is -0.351 e. The molecule has 1 amide bonds. The van der Waals surface area contributed by atoms with Crippen LogP contribution in [-0.4, -0.2) is 30.3 Å². The van der Waals surface area contributed by atoms with Crippen LogP contribution in [0.4, 0.5) is 0 Å². The smallest absolute Gasteiger partial charge is 0.351 e. The van der Waals surface area contributed by atoms with E-state index in [1.54, 1.807) is 14.1 Å². The van der Waals surface area contributed by atoms with Crippen LogP contribution in [0.15, 0.2) is 0 Å². The first-order chi connectivity index (χ1) is 3.68. The van der Waals surface area contributed by atoms with E-state index in [-0.39, 0.29) is 6.15 Å². The van der Waals surface area contributed by atoms with Gasteiger partial charge in [-0.2, -0.15) is 4.89 Å². The van der Waals surface area contributed by atoms with Gasteiger partial charge < -0.3 is 11.1 Å². The van der Waals surface area contributed by atoms with Gasteiger partial charge in [0.15, 0.2) is 0 Å². The van der Waals surface area contributed by atoms with E-state index in [1.165, 1.54) is 4.90 Å². The predicted octanol–water partition coefficient (Wildman–Crippen LogP) is -0.216. The monoisotopic (exact) mass is 155 g/mol. The van der Waals surface area contributed by atoms with Gasteiger partial charge in [0.2, 0.25) is 6.41 Å². The van der Waals surface area contributed by atoms with Gasteiger partial charge >= 0.3 is 8.69 Å². The first-order valence-corrected chi connectivity index (χ1v) is 2.67. The summed E-state index contributed by atoms with van der Waals surface area (Å²) in [6, 6.07) is 0. The Balaban J connectivity index is -0.0000000800. The second kappa shape index (κ2) is 15.6. The summed E-state index contributed by atoms with van der Waals surface area (Å²) in [5, 5.41) is 0. The van der Waals surface area contributed by atoms with Gasteiger partial charge in [0.1, 0.15) is 0 Å². The zero-order valence-corrected chi connectivity index (χ0v) is 6.50. The molecular formula is C3H12N2O3P+. The molecule has 5 nitrogen and oxygen atoms in total. The van der Waals surface area contributed by atoms with Crippen molar-refractivity contribution >= 4 is 15.1 Å². The number of hydrogen-bond acceptors (Lipinski definition) is 3. The number of carbonyl (C=O) groups excluding carboxylic acids is 1. The van der Waals surface area contributed by atoms with Crippen molar-refractivity contribution < 1.29 is 14.3 Å². The molecule has 1 unspecified atom stereocenters. The quantitative estimate of drug-likeness (QED) is 0.404. The van der Waals surface area contributed by atoms with E-state index >= 15 is 0 Å². The first kappa shape index (κ1) is 15.8. The van der Waals surface area contributed by atoms with Crippen LogP contribution in [0.5, 0.6) is 0 Å². The van der Waals surface area contributed by atoms with Crippen molar-refractivity contribution in [3.8, 4) is 0 Å². The molecule has 0 spiro atoms. The molecule has 0 saturated heterocycles. The summed E-state index contributed by atoms with van der Waals surface area (Å²) in [5.41, 5.74) is 0. The van der Waals surface area contributed by atoms with E-state index in [0.29, 0.717) is 0 Å². The molecule has 0 aromatic heterocycles. The van der Waals surface area contributed by atoms with Crippen molar-refractivity contribution in [2.75, 3.05) is 14.1 Å². The van der Waals surface area contributed by atoms with Crippen molar-refractivity contribution in [1.29, 1.82) is 0 Å². The van der Waals surface area contributed by atoms with Gasteiger partial charge in [0.25, 0.3) is 0 Å². The van der Waals surface area contributed by atoms with Crippen LogP contribution in [0.25, 0.3) is 0 Å². The van der Waals surface area contributed by atoms with Crippen LogP contribution in [-0.2, 0) is 9.36 Å². The van der Waals surface area contributed by atoms with Crippen LogP contribution in [0.2, 0.25) is 0 Å². The van der Waals surface area contributed by atoms with E-state index in [2.05, 4.69) is 0 Å². The maximum absolute atomic E-state index is 9.43. The third kappa shape index (κ3) is 102. The highest BCUT2D eigenvalue weighted by Crippen LogP contribution is 1.66. The molecule has 0 bridgehead atoms. The van der Waals surface area contributed by atoms with Gasteiger partial charge in [0.05, 0.1) is 0 Å². The lowest BCUT2D eigenvalue weighted by Gasteiger charge is -1.93. The fraction of sp³-hybridized carbons (Fsp3) is 0.667. The van der Waals surface area contributed by atoms with Gasteiger partial charge in [-0.05, 0) is 4.57 Å². The Morgan fingerprint density at radius 2 is 1.67 bits per heavy atom. The second-order valence-corrected chi connectivity index (χ2v) is 1.34. The van der Waals surface area contributed by atoms with Crippen LogP contribution >= 0.6 is 8.69 Å². The Morgan fingerprint density at radius 3 is 1.67 bits per heavy atom. The lowest BCUT2D eigenvalue weighted by atomic mass is 11.0. The molecule has 6 heteroatoms. The summed E-state index contributed by atoms with van der Waals surface area (Å²) in [7, 11) is 2.21. The number of rotatable bonds is 1. The molecular weight excluding hydrogens is 143 g/mol. The Labute approximate surface area is 55.5 Å². The maximum atomic E-state index is 9.43. The predicted molar refractivity (Wildman–Crippen MR) is 36.0 cm³/mol. The molecule has 0 saturated carbocycles. The van der Waals surface area contributed by atoms with Gasteiger partial charge in [-0.1, -0.05) is 0 Å². The minimum atomic E-state index is -1.17. The largest absolute Gasteiger partial charge is 0.491 e. The highest BCUT2D eigenvalue weighted by Gasteiger charge is 1.68. The summed E-state index contributed by atoms with van der Waals surface area (Å²) in [6.07, 6.45) is 0.750. The van der Waals surface area contributed by atoms with E-state index in [4.69, 9.17) is 9.46 Å². The van der Waals surface area contributed by atoms with Gasteiger partial charge in [-0.3, -0.25) is 4.79 Å². The average Bonchev–Trinajstić information content (AvgIpc) is 1.69. The van der Waals surface area contributed by atoms with E-state index < -0.39 is 8.69 Å². The third-order valence-corrected chi connectivity index (χ3v) is 0.211. The Hall–Kier alpha value is -0.510. The molecule has 0 aromatic carbocycles. The molecule has 0 aliphatic rings. The van der Waals surface area contributed by atoms with Gasteiger partial charge in [-0.25, -0.2) is 0 Å². The highest BCUT2D eigenvalue weighted by atomic mass is 31.1. The molecule has 0 radical (unpaired) electrons. The van der Waals surface area contributed by atoms with Crippen molar-refractivity contribution in [3.63, 3.8) is 0 Å². The van der Waals surface area contributed by atoms with E-state index in [0.717, 1.165) is 6.41 Å². The number of nitrogens with zero attached hydrogens (tertiary/aromatic N) is 1. The SMILES string of the molecule is CN(C)C=O.N.O=[PH+]O. The fourth-order valence-electron chi connectivity index (χ4n) is 0. The van der Waals surface area contributed by atoms with Crippen molar-refractivity contribution in [1.82, 2.24) is 11.1 Å². The Morgan fingerprint density at radius 1 is 1.56 bits per heavy atom. The van der Waals surface area contributed by atoms with Gasteiger partial charge in [0, 0.05) is 14.1 Å². The van der Waals surface area contributed by atoms with Crippen molar-refractivity contribution in [2.24, 2.45) is 0 Å². The second-order valence-electron chi connectivity index (χ2n) is 1.16. The molecule has 9 heavy (non-hydrogen) atoms. The van der Waals surface area contributed by atoms with Crippen LogP contribution in [0.1, 0.15) is 0 Å². The topological polar surface area (TPSA) is 92.6 Å². The normalized spacial score (nSPS) is 6.11. The number of hydrogen-bond donors (Lipinski definition) is 2. The summed E-state index contributed by atoms with van der Waals surface area (Å²) in [4.78, 5) is 17.9. The summed E-state index contributed by atoms with van der Waals surface area (Å²) in [5.74, 6) is 0. The molecule has 0 heterocycles. The minimum absolute atomic E-state index is 0. The lowest BCUT2D eigenvalue weighted by Crippen LogP contribution is -2.06. The van der Waals surface area contributed by atoms with Crippen LogP contribution in [0.3, 0.4) is 0 Å². The summed E-state index contributed by atoms with van der Waals surface area (Å²) in [6.45, 7) is 0. The van der Waals surface area contributed by atoms with Gasteiger partial charge in [-0.15, -0.1) is 0 Å². The average molecular weight is 155 g/mol. The van der Waals surface area contributed by atoms with E-state index in [9.17, 15) is 4.79 Å². The lowest BCUT2D eigenvalue weighted by molar-refractivity contribution is -0.115. The zero-order valence-electron chi connectivity index (χ0n) is 5.50. The Kier molecular flexibility index (Phi) is 27.5. The summed E-state index contributed by atoms with van der Waals surface area (Å²) < 4.78 is 8.51. The fourth-order valence-corrected chi connectivity index (χ4v) is 0. The van der Waals surface area contributed by atoms with Crippen LogP contribution < -0.4 is 6.15 Å².